The molecule has 0 saturated carbocycles. The standard InChI is InChI=1S/C15H15ClN2O2/c16-14-8-12(6-7-13(14)15(17)18)20-10-19-9-11-4-2-1-3-5-11/h1-8H,9-10H2,(H3,17,18). The largest absolute Gasteiger partial charge is 0.467 e. The van der Waals surface area contributed by atoms with Crippen LogP contribution in [0, 0.1) is 5.41 Å². The number of nitrogen functional groups attached to an aromatic ring is 1. The molecule has 104 valence electrons. The van der Waals surface area contributed by atoms with Crippen LogP contribution < -0.4 is 10.5 Å². The van der Waals surface area contributed by atoms with Crippen LogP contribution in [-0.2, 0) is 11.3 Å². The van der Waals surface area contributed by atoms with Crippen molar-refractivity contribution in [3.63, 3.8) is 0 Å². The molecule has 0 amide bonds. The zero-order valence-electron chi connectivity index (χ0n) is 10.8. The Morgan fingerprint density at radius 1 is 1.15 bits per heavy atom. The number of halogens is 1. The molecule has 0 radical (unpaired) electrons. The van der Waals surface area contributed by atoms with Crippen LogP contribution >= 0.6 is 11.6 Å². The molecular formula is C15H15ClN2O2. The van der Waals surface area contributed by atoms with Crippen LogP contribution in [0.2, 0.25) is 5.02 Å². The third kappa shape index (κ3) is 3.98. The van der Waals surface area contributed by atoms with Gasteiger partial charge in [0, 0.05) is 5.56 Å². The molecule has 0 heterocycles. The van der Waals surface area contributed by atoms with Gasteiger partial charge in [-0.2, -0.15) is 0 Å². The van der Waals surface area contributed by atoms with Crippen LogP contribution in [0.5, 0.6) is 5.75 Å². The highest BCUT2D eigenvalue weighted by Gasteiger charge is 2.05. The van der Waals surface area contributed by atoms with E-state index in [9.17, 15) is 0 Å². The zero-order chi connectivity index (χ0) is 14.4. The average molecular weight is 291 g/mol. The predicted octanol–water partition coefficient (Wildman–Crippen LogP) is 3.18. The summed E-state index contributed by atoms with van der Waals surface area (Å²) < 4.78 is 10.8. The Morgan fingerprint density at radius 3 is 2.55 bits per heavy atom. The van der Waals surface area contributed by atoms with Crippen molar-refractivity contribution >= 4 is 17.4 Å². The summed E-state index contributed by atoms with van der Waals surface area (Å²) in [6.45, 7) is 0.616. The average Bonchev–Trinajstić information content (AvgIpc) is 2.44. The van der Waals surface area contributed by atoms with Gasteiger partial charge in [-0.1, -0.05) is 41.9 Å². The van der Waals surface area contributed by atoms with E-state index in [4.69, 9.17) is 32.2 Å². The van der Waals surface area contributed by atoms with E-state index in [1.54, 1.807) is 18.2 Å². The van der Waals surface area contributed by atoms with Gasteiger partial charge in [0.15, 0.2) is 6.79 Å². The Balaban J connectivity index is 1.83. The van der Waals surface area contributed by atoms with Crippen LogP contribution in [0.1, 0.15) is 11.1 Å². The predicted molar refractivity (Wildman–Crippen MR) is 79.2 cm³/mol. The van der Waals surface area contributed by atoms with Crippen molar-refractivity contribution in [2.24, 2.45) is 5.73 Å². The zero-order valence-corrected chi connectivity index (χ0v) is 11.6. The number of hydrogen-bond donors (Lipinski definition) is 2. The van der Waals surface area contributed by atoms with Crippen LogP contribution in [0.25, 0.3) is 0 Å². The number of benzene rings is 2. The van der Waals surface area contributed by atoms with Crippen molar-refractivity contribution in [1.82, 2.24) is 0 Å². The van der Waals surface area contributed by atoms with Crippen LogP contribution in [0.4, 0.5) is 0 Å². The minimum atomic E-state index is -0.0677. The van der Waals surface area contributed by atoms with E-state index in [0.717, 1.165) is 5.56 Å². The smallest absolute Gasteiger partial charge is 0.189 e. The molecule has 0 spiro atoms. The lowest BCUT2D eigenvalue weighted by Crippen LogP contribution is -2.11. The fraction of sp³-hybridized carbons (Fsp3) is 0.133. The minimum Gasteiger partial charge on any atom is -0.467 e. The number of amidine groups is 1. The maximum Gasteiger partial charge on any atom is 0.189 e. The second-order valence-corrected chi connectivity index (χ2v) is 4.56. The van der Waals surface area contributed by atoms with E-state index in [0.29, 0.717) is 22.9 Å². The van der Waals surface area contributed by atoms with Crippen molar-refractivity contribution in [3.05, 3.63) is 64.7 Å². The van der Waals surface area contributed by atoms with Crippen LogP contribution in [0.15, 0.2) is 48.5 Å². The van der Waals surface area contributed by atoms with Gasteiger partial charge in [-0.3, -0.25) is 5.41 Å². The number of ether oxygens (including phenoxy) is 2. The van der Waals surface area contributed by atoms with Gasteiger partial charge in [0.2, 0.25) is 0 Å². The highest BCUT2D eigenvalue weighted by Crippen LogP contribution is 2.22. The molecule has 20 heavy (non-hydrogen) atoms. The third-order valence-electron chi connectivity index (χ3n) is 2.65. The second kappa shape index (κ2) is 6.93. The minimum absolute atomic E-state index is 0.0677. The van der Waals surface area contributed by atoms with Gasteiger partial charge in [0.05, 0.1) is 11.6 Å². The number of nitrogens with two attached hydrogens (primary N) is 1. The SMILES string of the molecule is N=C(N)c1ccc(OCOCc2ccccc2)cc1Cl. The molecule has 0 unspecified atom stereocenters. The first-order valence-electron chi connectivity index (χ1n) is 6.05. The first-order chi connectivity index (χ1) is 9.66. The van der Waals surface area contributed by atoms with Gasteiger partial charge < -0.3 is 15.2 Å². The molecule has 0 fully saturated rings. The van der Waals surface area contributed by atoms with Gasteiger partial charge in [-0.05, 0) is 23.8 Å². The summed E-state index contributed by atoms with van der Waals surface area (Å²) in [5.41, 5.74) is 6.96. The lowest BCUT2D eigenvalue weighted by molar-refractivity contribution is 0.00505. The lowest BCUT2D eigenvalue weighted by atomic mass is 10.2. The molecule has 2 aromatic carbocycles. The molecule has 2 rings (SSSR count). The van der Waals surface area contributed by atoms with E-state index in [1.165, 1.54) is 0 Å². The number of hydrogen-bond acceptors (Lipinski definition) is 3. The molecule has 0 atom stereocenters. The molecule has 0 aliphatic rings. The van der Waals surface area contributed by atoms with Crippen LogP contribution in [-0.4, -0.2) is 12.6 Å². The van der Waals surface area contributed by atoms with E-state index >= 15 is 0 Å². The summed E-state index contributed by atoms with van der Waals surface area (Å²) in [7, 11) is 0. The molecule has 0 aliphatic carbocycles. The third-order valence-corrected chi connectivity index (χ3v) is 2.96. The van der Waals surface area contributed by atoms with E-state index in [-0.39, 0.29) is 12.6 Å². The summed E-state index contributed by atoms with van der Waals surface area (Å²) in [6.07, 6.45) is 0. The fourth-order valence-corrected chi connectivity index (χ4v) is 1.92. The Bertz CT molecular complexity index is 588. The van der Waals surface area contributed by atoms with Crippen molar-refractivity contribution in [2.45, 2.75) is 6.61 Å². The van der Waals surface area contributed by atoms with Gasteiger partial charge in [0.1, 0.15) is 11.6 Å². The molecule has 3 N–H and O–H groups in total. The first-order valence-corrected chi connectivity index (χ1v) is 6.43. The summed E-state index contributed by atoms with van der Waals surface area (Å²) in [4.78, 5) is 0. The van der Waals surface area contributed by atoms with Crippen molar-refractivity contribution in [3.8, 4) is 5.75 Å². The number of nitrogens with one attached hydrogen (secondary N) is 1. The summed E-state index contributed by atoms with van der Waals surface area (Å²) >= 11 is 5.99. The van der Waals surface area contributed by atoms with Crippen molar-refractivity contribution < 1.29 is 9.47 Å². The van der Waals surface area contributed by atoms with Gasteiger partial charge >= 0.3 is 0 Å². The monoisotopic (exact) mass is 290 g/mol. The Kier molecular flexibility index (Phi) is 4.98. The van der Waals surface area contributed by atoms with Crippen LogP contribution in [0.3, 0.4) is 0 Å². The Hall–Kier alpha value is -2.04. The molecule has 0 bridgehead atoms. The maximum atomic E-state index is 7.34. The topological polar surface area (TPSA) is 68.3 Å². The molecule has 2 aromatic rings. The molecule has 4 nitrogen and oxygen atoms in total. The summed E-state index contributed by atoms with van der Waals surface area (Å²) in [5, 5.41) is 7.72. The highest BCUT2D eigenvalue weighted by molar-refractivity contribution is 6.34. The normalized spacial score (nSPS) is 10.2. The quantitative estimate of drug-likeness (QED) is 0.371. The van der Waals surface area contributed by atoms with Crippen molar-refractivity contribution in [1.29, 1.82) is 5.41 Å². The molecule has 0 aromatic heterocycles. The van der Waals surface area contributed by atoms with Crippen molar-refractivity contribution in [2.75, 3.05) is 6.79 Å². The van der Waals surface area contributed by atoms with E-state index in [2.05, 4.69) is 0 Å². The highest BCUT2D eigenvalue weighted by atomic mass is 35.5. The molecule has 5 heteroatoms. The Labute approximate surface area is 122 Å². The summed E-state index contributed by atoms with van der Waals surface area (Å²) in [5.74, 6) is 0.509. The van der Waals surface area contributed by atoms with Gasteiger partial charge in [-0.15, -0.1) is 0 Å². The van der Waals surface area contributed by atoms with E-state index in [1.807, 2.05) is 30.3 Å². The maximum absolute atomic E-state index is 7.34. The molecular weight excluding hydrogens is 276 g/mol. The molecule has 0 aliphatic heterocycles. The lowest BCUT2D eigenvalue weighted by Gasteiger charge is -2.09. The fourth-order valence-electron chi connectivity index (χ4n) is 1.65. The van der Waals surface area contributed by atoms with Gasteiger partial charge in [-0.25, -0.2) is 0 Å². The summed E-state index contributed by atoms with van der Waals surface area (Å²) in [6, 6.07) is 14.8. The number of rotatable bonds is 6. The molecule has 0 saturated heterocycles. The first kappa shape index (κ1) is 14.4. The Morgan fingerprint density at radius 2 is 1.90 bits per heavy atom. The van der Waals surface area contributed by atoms with E-state index < -0.39 is 0 Å². The van der Waals surface area contributed by atoms with Gasteiger partial charge in [0.25, 0.3) is 0 Å². The second-order valence-electron chi connectivity index (χ2n) is 4.15.